The molecule has 0 amide bonds. The quantitative estimate of drug-likeness (QED) is 0.330. The molecule has 40 valence electrons. The van der Waals surface area contributed by atoms with Gasteiger partial charge in [-0.05, 0) is 0 Å². The zero-order valence-electron chi connectivity index (χ0n) is 3.03. The summed E-state index contributed by atoms with van der Waals surface area (Å²) in [5, 5.41) is 16.9. The smallest absolute Gasteiger partial charge is 0.696 e. The van der Waals surface area contributed by atoms with Gasteiger partial charge in [-0.15, -0.1) is 0 Å². The van der Waals surface area contributed by atoms with E-state index in [2.05, 4.69) is 25.3 Å². The van der Waals surface area contributed by atoms with Crippen molar-refractivity contribution in [3.05, 3.63) is 0 Å². The first-order chi connectivity index (χ1) is 2.83. The average molecular weight is 223 g/mol. The molecule has 0 aliphatic heterocycles. The van der Waals surface area contributed by atoms with E-state index in [9.17, 15) is 0 Å². The van der Waals surface area contributed by atoms with Gasteiger partial charge in [-0.2, -0.15) is 0 Å². The van der Waals surface area contributed by atoms with E-state index >= 15 is 0 Å². The molecule has 0 fully saturated rings. The molecule has 0 aliphatic rings. The monoisotopic (exact) mass is 222 g/mol. The Labute approximate surface area is 67.0 Å². The van der Waals surface area contributed by atoms with E-state index in [0.29, 0.717) is 0 Å². The Morgan fingerprint density at radius 2 is 1.00 bits per heavy atom. The van der Waals surface area contributed by atoms with Crippen LogP contribution in [0.5, 0.6) is 0 Å². The SMILES string of the molecule is N#C[S-].N#C[S-].[Pd+2]. The average Bonchev–Trinajstić information content (AvgIpc) is 1.39. The van der Waals surface area contributed by atoms with Gasteiger partial charge >= 0.3 is 20.4 Å². The second-order valence-corrected chi connectivity index (χ2v) is 0.548. The number of nitriles is 2. The standard InChI is InChI=1S/2CHNS.Pd/c2*2-1-3;/h2*3H;/q;;+2/p-2. The van der Waals surface area contributed by atoms with Gasteiger partial charge < -0.3 is 25.3 Å². The summed E-state index contributed by atoms with van der Waals surface area (Å²) < 4.78 is 0. The number of thiocyanates is 2. The minimum Gasteiger partial charge on any atom is -0.696 e. The zero-order valence-corrected chi connectivity index (χ0v) is 6.21. The molecule has 0 rings (SSSR count). The zero-order chi connectivity index (χ0) is 5.41. The summed E-state index contributed by atoms with van der Waals surface area (Å²) in [5.41, 5.74) is 0. The molecule has 0 radical (unpaired) electrons. The molecular weight excluding hydrogens is 223 g/mol. The Kier molecular flexibility index (Phi) is 81.4. The second kappa shape index (κ2) is 36.2. The Hall–Kier alpha value is 0.0823. The summed E-state index contributed by atoms with van der Waals surface area (Å²) in [6.45, 7) is 0. The van der Waals surface area contributed by atoms with Crippen LogP contribution in [0.1, 0.15) is 0 Å². The van der Waals surface area contributed by atoms with Crippen LogP contribution < -0.4 is 0 Å². The van der Waals surface area contributed by atoms with Crippen LogP contribution >= 0.6 is 0 Å². The molecular formula is C2N2PdS2. The van der Waals surface area contributed by atoms with Crippen molar-refractivity contribution >= 4 is 25.3 Å². The molecule has 0 atom stereocenters. The second-order valence-electron chi connectivity index (χ2n) is 0.183. The Balaban J connectivity index is -0.0000000400. The Morgan fingerprint density at radius 3 is 1.00 bits per heavy atom. The Bertz CT molecular complexity index is 68.7. The molecule has 0 N–H and O–H groups in total. The minimum absolute atomic E-state index is 0. The molecule has 7 heavy (non-hydrogen) atoms. The van der Waals surface area contributed by atoms with Crippen LogP contribution in [0, 0.1) is 21.3 Å². The first-order valence-electron chi connectivity index (χ1n) is 0.855. The van der Waals surface area contributed by atoms with Crippen LogP contribution in [0.3, 0.4) is 0 Å². The third-order valence-corrected chi connectivity index (χ3v) is 0. The molecule has 0 spiro atoms. The van der Waals surface area contributed by atoms with E-state index in [0.717, 1.165) is 0 Å². The maximum absolute atomic E-state index is 7.13. The number of hydrogen-bond donors (Lipinski definition) is 0. The predicted octanol–water partition coefficient (Wildman–Crippen LogP) is 0.0263. The van der Waals surface area contributed by atoms with Gasteiger partial charge in [0.1, 0.15) is 0 Å². The molecule has 0 saturated carbocycles. The van der Waals surface area contributed by atoms with E-state index in [1.54, 1.807) is 0 Å². The first kappa shape index (κ1) is 15.7. The molecule has 0 aromatic heterocycles. The third-order valence-electron chi connectivity index (χ3n) is 0. The van der Waals surface area contributed by atoms with Crippen molar-refractivity contribution in [2.24, 2.45) is 0 Å². The minimum atomic E-state index is 0. The molecule has 2 nitrogen and oxygen atoms in total. The van der Waals surface area contributed by atoms with Gasteiger partial charge in [-0.3, -0.25) is 0 Å². The largest absolute Gasteiger partial charge is 2.00 e. The van der Waals surface area contributed by atoms with Crippen LogP contribution in [-0.4, -0.2) is 0 Å². The normalized spacial score (nSPS) is 2.00. The fourth-order valence-corrected chi connectivity index (χ4v) is 0. The molecule has 0 unspecified atom stereocenters. The van der Waals surface area contributed by atoms with Gasteiger partial charge in [0.15, 0.2) is 0 Å². The Morgan fingerprint density at radius 1 is 1.00 bits per heavy atom. The molecule has 0 aromatic carbocycles. The first-order valence-corrected chi connectivity index (χ1v) is 1.67. The van der Waals surface area contributed by atoms with Crippen molar-refractivity contribution in [3.63, 3.8) is 0 Å². The summed E-state index contributed by atoms with van der Waals surface area (Å²) in [5.74, 6) is 0. The summed E-state index contributed by atoms with van der Waals surface area (Å²) in [7, 11) is 0. The van der Waals surface area contributed by atoms with Crippen molar-refractivity contribution < 1.29 is 20.4 Å². The number of nitrogens with zero attached hydrogens (tertiary/aromatic N) is 2. The van der Waals surface area contributed by atoms with Crippen LogP contribution in [0.25, 0.3) is 0 Å². The van der Waals surface area contributed by atoms with Gasteiger partial charge in [-0.25, -0.2) is 10.5 Å². The predicted molar refractivity (Wildman–Crippen MR) is 26.0 cm³/mol. The fraction of sp³-hybridized carbons (Fsp3) is 0. The molecule has 0 aliphatic carbocycles. The summed E-state index contributed by atoms with van der Waals surface area (Å²) >= 11 is 7.40. The maximum Gasteiger partial charge on any atom is 2.00 e. The van der Waals surface area contributed by atoms with Crippen molar-refractivity contribution in [1.82, 2.24) is 0 Å². The number of rotatable bonds is 0. The van der Waals surface area contributed by atoms with Gasteiger partial charge in [0.25, 0.3) is 0 Å². The summed E-state index contributed by atoms with van der Waals surface area (Å²) in [6, 6.07) is 0. The van der Waals surface area contributed by atoms with E-state index in [-0.39, 0.29) is 20.4 Å². The fourth-order valence-electron chi connectivity index (χ4n) is 0. The van der Waals surface area contributed by atoms with Crippen molar-refractivity contribution in [3.8, 4) is 10.8 Å². The molecule has 0 saturated heterocycles. The van der Waals surface area contributed by atoms with Gasteiger partial charge in [0, 0.05) is 0 Å². The topological polar surface area (TPSA) is 47.6 Å². The van der Waals surface area contributed by atoms with E-state index in [4.69, 9.17) is 10.5 Å². The molecule has 0 aromatic rings. The van der Waals surface area contributed by atoms with Gasteiger partial charge in [0.05, 0.1) is 0 Å². The van der Waals surface area contributed by atoms with E-state index in [1.165, 1.54) is 10.8 Å². The molecule has 5 heteroatoms. The third kappa shape index (κ3) is 15000. The van der Waals surface area contributed by atoms with Crippen molar-refractivity contribution in [2.75, 3.05) is 0 Å². The van der Waals surface area contributed by atoms with Crippen molar-refractivity contribution in [2.45, 2.75) is 0 Å². The van der Waals surface area contributed by atoms with Crippen LogP contribution in [0.15, 0.2) is 0 Å². The van der Waals surface area contributed by atoms with E-state index in [1.807, 2.05) is 0 Å². The van der Waals surface area contributed by atoms with Gasteiger partial charge in [0.2, 0.25) is 0 Å². The van der Waals surface area contributed by atoms with Crippen LogP contribution in [-0.2, 0) is 45.7 Å². The molecule has 0 bridgehead atoms. The van der Waals surface area contributed by atoms with Crippen molar-refractivity contribution in [1.29, 1.82) is 10.5 Å². The van der Waals surface area contributed by atoms with Gasteiger partial charge in [-0.1, -0.05) is 10.8 Å². The molecule has 0 heterocycles. The van der Waals surface area contributed by atoms with Crippen LogP contribution in [0.4, 0.5) is 0 Å². The summed E-state index contributed by atoms with van der Waals surface area (Å²) in [4.78, 5) is 0. The summed E-state index contributed by atoms with van der Waals surface area (Å²) in [6.07, 6.45) is 0. The van der Waals surface area contributed by atoms with E-state index < -0.39 is 0 Å². The maximum atomic E-state index is 7.13. The van der Waals surface area contributed by atoms with Crippen LogP contribution in [0.2, 0.25) is 0 Å². The number of hydrogen-bond acceptors (Lipinski definition) is 4.